The van der Waals surface area contributed by atoms with E-state index >= 15 is 0 Å². The Morgan fingerprint density at radius 3 is 2.29 bits per heavy atom. The SMILES string of the molecule is Cc1ncn(-c2ccc(Oc3ccc(NS(=O)(=O)CCN4C(=O)CCCC4=O)cc3)nn2)c1C. The molecule has 2 aromatic heterocycles. The largest absolute Gasteiger partial charge is 0.438 e. The summed E-state index contributed by atoms with van der Waals surface area (Å²) < 4.78 is 34.7. The molecule has 1 saturated heterocycles. The highest BCUT2D eigenvalue weighted by molar-refractivity contribution is 7.92. The van der Waals surface area contributed by atoms with E-state index in [0.717, 1.165) is 16.3 Å². The van der Waals surface area contributed by atoms with Gasteiger partial charge in [0.05, 0.1) is 11.4 Å². The van der Waals surface area contributed by atoms with E-state index in [2.05, 4.69) is 19.9 Å². The molecule has 3 aromatic rings. The zero-order valence-corrected chi connectivity index (χ0v) is 19.6. The molecule has 0 bridgehead atoms. The van der Waals surface area contributed by atoms with Crippen LogP contribution in [0.25, 0.3) is 5.82 Å². The lowest BCUT2D eigenvalue weighted by Gasteiger charge is -2.24. The van der Waals surface area contributed by atoms with Gasteiger partial charge in [-0.1, -0.05) is 0 Å². The van der Waals surface area contributed by atoms with Gasteiger partial charge in [-0.05, 0) is 50.6 Å². The van der Waals surface area contributed by atoms with E-state index in [4.69, 9.17) is 4.74 Å². The molecule has 178 valence electrons. The first-order chi connectivity index (χ1) is 16.2. The third-order valence-electron chi connectivity index (χ3n) is 5.44. The third-order valence-corrected chi connectivity index (χ3v) is 6.71. The first-order valence-electron chi connectivity index (χ1n) is 10.7. The van der Waals surface area contributed by atoms with Crippen molar-refractivity contribution in [2.24, 2.45) is 0 Å². The molecule has 0 unspecified atom stereocenters. The van der Waals surface area contributed by atoms with Crippen LogP contribution in [0.2, 0.25) is 0 Å². The summed E-state index contributed by atoms with van der Waals surface area (Å²) in [4.78, 5) is 28.9. The summed E-state index contributed by atoms with van der Waals surface area (Å²) >= 11 is 0. The number of imidazole rings is 1. The molecule has 3 heterocycles. The van der Waals surface area contributed by atoms with Crippen LogP contribution < -0.4 is 9.46 Å². The van der Waals surface area contributed by atoms with Gasteiger partial charge < -0.3 is 4.74 Å². The highest BCUT2D eigenvalue weighted by Crippen LogP contribution is 2.22. The number of nitrogens with one attached hydrogen (secondary N) is 1. The molecule has 2 amide bonds. The topological polar surface area (TPSA) is 136 Å². The summed E-state index contributed by atoms with van der Waals surface area (Å²) in [5.41, 5.74) is 2.21. The van der Waals surface area contributed by atoms with Crippen molar-refractivity contribution >= 4 is 27.5 Å². The molecule has 0 atom stereocenters. The van der Waals surface area contributed by atoms with Crippen molar-refractivity contribution in [3.05, 3.63) is 54.1 Å². The minimum absolute atomic E-state index is 0.166. The minimum Gasteiger partial charge on any atom is -0.438 e. The van der Waals surface area contributed by atoms with E-state index in [-0.39, 0.29) is 42.8 Å². The van der Waals surface area contributed by atoms with E-state index in [1.807, 2.05) is 18.4 Å². The van der Waals surface area contributed by atoms with Crippen LogP contribution in [-0.2, 0) is 19.6 Å². The number of sulfonamides is 1. The van der Waals surface area contributed by atoms with Gasteiger partial charge in [0.25, 0.3) is 0 Å². The van der Waals surface area contributed by atoms with Crippen LogP contribution in [0, 0.1) is 13.8 Å². The number of imide groups is 1. The first-order valence-corrected chi connectivity index (χ1v) is 12.3. The van der Waals surface area contributed by atoms with Gasteiger partial charge in [-0.15, -0.1) is 10.2 Å². The van der Waals surface area contributed by atoms with Gasteiger partial charge >= 0.3 is 0 Å². The number of ether oxygens (including phenoxy) is 1. The maximum atomic E-state index is 12.4. The number of anilines is 1. The average Bonchev–Trinajstić information content (AvgIpc) is 3.13. The van der Waals surface area contributed by atoms with Gasteiger partial charge in [0, 0.05) is 36.8 Å². The highest BCUT2D eigenvalue weighted by Gasteiger charge is 2.27. The molecule has 1 aliphatic heterocycles. The van der Waals surface area contributed by atoms with Crippen molar-refractivity contribution < 1.29 is 22.7 Å². The van der Waals surface area contributed by atoms with E-state index in [0.29, 0.717) is 23.7 Å². The Kier molecular flexibility index (Phi) is 6.59. The van der Waals surface area contributed by atoms with Gasteiger partial charge in [0.2, 0.25) is 27.7 Å². The Balaban J connectivity index is 1.34. The van der Waals surface area contributed by atoms with Gasteiger partial charge in [-0.25, -0.2) is 13.4 Å². The fraction of sp³-hybridized carbons (Fsp3) is 0.318. The van der Waals surface area contributed by atoms with Gasteiger partial charge in [0.15, 0.2) is 5.82 Å². The molecule has 11 nitrogen and oxygen atoms in total. The molecular weight excluding hydrogens is 460 g/mol. The van der Waals surface area contributed by atoms with E-state index in [1.165, 1.54) is 0 Å². The number of hydrogen-bond donors (Lipinski definition) is 1. The predicted octanol–water partition coefficient (Wildman–Crippen LogP) is 2.35. The van der Waals surface area contributed by atoms with Crippen molar-refractivity contribution in [3.8, 4) is 17.4 Å². The summed E-state index contributed by atoms with van der Waals surface area (Å²) in [5, 5.41) is 8.23. The quantitative estimate of drug-likeness (QED) is 0.481. The molecule has 34 heavy (non-hydrogen) atoms. The van der Waals surface area contributed by atoms with Gasteiger partial charge in [-0.2, -0.15) is 0 Å². The molecule has 0 radical (unpaired) electrons. The molecule has 1 aliphatic rings. The van der Waals surface area contributed by atoms with Crippen molar-refractivity contribution in [1.82, 2.24) is 24.6 Å². The first kappa shape index (κ1) is 23.4. The normalized spacial score (nSPS) is 14.4. The number of carbonyl (C=O) groups is 2. The van der Waals surface area contributed by atoms with E-state index in [1.54, 1.807) is 42.7 Å². The summed E-state index contributed by atoms with van der Waals surface area (Å²) in [6.07, 6.45) is 2.71. The van der Waals surface area contributed by atoms with Crippen LogP contribution in [0.3, 0.4) is 0 Å². The lowest BCUT2D eigenvalue weighted by molar-refractivity contribution is -0.147. The molecule has 0 spiro atoms. The highest BCUT2D eigenvalue weighted by atomic mass is 32.2. The van der Waals surface area contributed by atoms with E-state index in [9.17, 15) is 18.0 Å². The monoisotopic (exact) mass is 484 g/mol. The molecule has 4 rings (SSSR count). The lowest BCUT2D eigenvalue weighted by Crippen LogP contribution is -2.43. The fourth-order valence-corrected chi connectivity index (χ4v) is 4.45. The van der Waals surface area contributed by atoms with Crippen LogP contribution >= 0.6 is 0 Å². The standard InChI is InChI=1S/C22H24N6O5S/c1-15-16(2)28(14-23-15)19-10-11-20(25-24-19)33-18-8-6-17(7-9-18)26-34(31,32)13-12-27-21(29)4-3-5-22(27)30/h6-11,14,26H,3-5,12-13H2,1-2H3. The van der Waals surface area contributed by atoms with Crippen LogP contribution in [-0.4, -0.2) is 57.2 Å². The number of likely N-dealkylation sites (tertiary alicyclic amines) is 1. The summed E-state index contributed by atoms with van der Waals surface area (Å²) in [5.74, 6) is 0.300. The number of aryl methyl sites for hydroxylation is 1. The average molecular weight is 485 g/mol. The zero-order chi connectivity index (χ0) is 24.3. The van der Waals surface area contributed by atoms with Crippen LogP contribution in [0.15, 0.2) is 42.7 Å². The number of rotatable bonds is 8. The molecule has 1 fully saturated rings. The van der Waals surface area contributed by atoms with Crippen LogP contribution in [0.4, 0.5) is 5.69 Å². The molecule has 0 saturated carbocycles. The van der Waals surface area contributed by atoms with Gasteiger partial charge in [-0.3, -0.25) is 23.8 Å². The summed E-state index contributed by atoms with van der Waals surface area (Å²) in [7, 11) is -3.75. The Hall–Kier alpha value is -3.80. The number of aromatic nitrogens is 4. The second kappa shape index (κ2) is 9.59. The number of benzene rings is 1. The summed E-state index contributed by atoms with van der Waals surface area (Å²) in [6, 6.07) is 9.71. The Bertz CT molecular complexity index is 1290. The van der Waals surface area contributed by atoms with Crippen molar-refractivity contribution in [2.45, 2.75) is 33.1 Å². The predicted molar refractivity (Wildman–Crippen MR) is 123 cm³/mol. The Morgan fingerprint density at radius 1 is 1.00 bits per heavy atom. The van der Waals surface area contributed by atoms with Crippen molar-refractivity contribution in [3.63, 3.8) is 0 Å². The molecule has 1 aromatic carbocycles. The Labute approximate surface area is 196 Å². The minimum atomic E-state index is -3.75. The van der Waals surface area contributed by atoms with Crippen molar-refractivity contribution in [1.29, 1.82) is 0 Å². The van der Waals surface area contributed by atoms with Crippen molar-refractivity contribution in [2.75, 3.05) is 17.0 Å². The molecule has 0 aliphatic carbocycles. The van der Waals surface area contributed by atoms with E-state index < -0.39 is 10.0 Å². The third kappa shape index (κ3) is 5.39. The number of piperidine rings is 1. The maximum absolute atomic E-state index is 12.4. The zero-order valence-electron chi connectivity index (χ0n) is 18.8. The fourth-order valence-electron chi connectivity index (χ4n) is 3.43. The maximum Gasteiger partial charge on any atom is 0.238 e. The molecule has 1 N–H and O–H groups in total. The number of carbonyl (C=O) groups excluding carboxylic acids is 2. The van der Waals surface area contributed by atoms with Crippen LogP contribution in [0.1, 0.15) is 30.7 Å². The smallest absolute Gasteiger partial charge is 0.238 e. The number of amides is 2. The number of nitrogens with zero attached hydrogens (tertiary/aromatic N) is 5. The molecule has 12 heteroatoms. The van der Waals surface area contributed by atoms with Crippen LogP contribution in [0.5, 0.6) is 11.6 Å². The Morgan fingerprint density at radius 2 is 1.71 bits per heavy atom. The summed E-state index contributed by atoms with van der Waals surface area (Å²) in [6.45, 7) is 3.69. The molecular formula is C22H24N6O5S. The second-order valence-electron chi connectivity index (χ2n) is 7.86. The number of hydrogen-bond acceptors (Lipinski definition) is 8. The second-order valence-corrected chi connectivity index (χ2v) is 9.70. The van der Waals surface area contributed by atoms with Gasteiger partial charge in [0.1, 0.15) is 12.1 Å². The lowest BCUT2D eigenvalue weighted by atomic mass is 10.1.